The molecule has 1 saturated heterocycles. The van der Waals surface area contributed by atoms with Crippen molar-refractivity contribution in [1.29, 1.82) is 0 Å². The van der Waals surface area contributed by atoms with Crippen LogP contribution in [0.2, 0.25) is 5.02 Å². The Morgan fingerprint density at radius 1 is 1.36 bits per heavy atom. The second kappa shape index (κ2) is 9.31. The quantitative estimate of drug-likeness (QED) is 0.499. The van der Waals surface area contributed by atoms with E-state index in [0.29, 0.717) is 33.7 Å². The minimum absolute atomic E-state index is 0.0740. The van der Waals surface area contributed by atoms with Gasteiger partial charge in [0.05, 0.1) is 16.2 Å². The number of hydrogen-bond donors (Lipinski definition) is 0. The first-order valence-electron chi connectivity index (χ1n) is 10.1. The van der Waals surface area contributed by atoms with Crippen LogP contribution < -0.4 is 5.56 Å². The fourth-order valence-electron chi connectivity index (χ4n) is 3.84. The number of fused-ring (bicyclic) bond motifs is 1. The largest absolute Gasteiger partial charge is 0.339 e. The third kappa shape index (κ3) is 4.38. The van der Waals surface area contributed by atoms with Crippen molar-refractivity contribution in [3.8, 4) is 0 Å². The topological polar surface area (TPSA) is 55.2 Å². The molecule has 0 bridgehead atoms. The number of nitrogens with zero attached hydrogens (tertiary/aromatic N) is 3. The second-order valence-corrected chi connectivity index (χ2v) is 9.11. The fourth-order valence-corrected chi connectivity index (χ4v) is 5.01. The summed E-state index contributed by atoms with van der Waals surface area (Å²) in [5, 5.41) is 1.40. The molecule has 7 heteroatoms. The smallest absolute Gasteiger partial charge is 0.262 e. The van der Waals surface area contributed by atoms with Gasteiger partial charge in [-0.1, -0.05) is 37.2 Å². The minimum atomic E-state index is -0.293. The van der Waals surface area contributed by atoms with Crippen LogP contribution in [-0.4, -0.2) is 38.2 Å². The molecule has 3 rings (SSSR count). The van der Waals surface area contributed by atoms with Gasteiger partial charge in [-0.2, -0.15) is 0 Å². The maximum absolute atomic E-state index is 13.1. The molecule has 0 saturated carbocycles. The van der Waals surface area contributed by atoms with Gasteiger partial charge in [0.15, 0.2) is 5.16 Å². The van der Waals surface area contributed by atoms with Crippen molar-refractivity contribution in [3.05, 3.63) is 33.6 Å². The molecule has 1 aliphatic rings. The highest BCUT2D eigenvalue weighted by Gasteiger charge is 2.30. The summed E-state index contributed by atoms with van der Waals surface area (Å²) in [6.45, 7) is 7.49. The molecule has 0 aliphatic carbocycles. The molecular formula is C21H28ClN3O2S. The summed E-state index contributed by atoms with van der Waals surface area (Å²) >= 11 is 7.47. The Hall–Kier alpha value is -1.53. The van der Waals surface area contributed by atoms with Crippen LogP contribution in [0.4, 0.5) is 0 Å². The lowest BCUT2D eigenvalue weighted by Crippen LogP contribution is -2.46. The van der Waals surface area contributed by atoms with Gasteiger partial charge >= 0.3 is 0 Å². The van der Waals surface area contributed by atoms with E-state index in [9.17, 15) is 9.59 Å². The Kier molecular flexibility index (Phi) is 7.05. The first-order valence-corrected chi connectivity index (χ1v) is 11.4. The predicted molar refractivity (Wildman–Crippen MR) is 116 cm³/mol. The highest BCUT2D eigenvalue weighted by Crippen LogP contribution is 2.28. The SMILES string of the molecule is CCCn1c(SC(C)C(=O)N2CCCCC2CC)nc2cc(Cl)ccc2c1=O. The lowest BCUT2D eigenvalue weighted by atomic mass is 10.00. The molecule has 2 aromatic rings. The highest BCUT2D eigenvalue weighted by molar-refractivity contribution is 8.00. The maximum atomic E-state index is 13.1. The van der Waals surface area contributed by atoms with Gasteiger partial charge in [-0.15, -0.1) is 0 Å². The van der Waals surface area contributed by atoms with Gasteiger partial charge < -0.3 is 4.90 Å². The summed E-state index contributed by atoms with van der Waals surface area (Å²) in [5.41, 5.74) is 0.506. The van der Waals surface area contributed by atoms with Gasteiger partial charge in [0, 0.05) is 24.2 Å². The first-order chi connectivity index (χ1) is 13.5. The van der Waals surface area contributed by atoms with E-state index in [1.165, 1.54) is 18.2 Å². The number of carbonyl (C=O) groups excluding carboxylic acids is 1. The number of aromatic nitrogens is 2. The fraction of sp³-hybridized carbons (Fsp3) is 0.571. The van der Waals surface area contributed by atoms with Gasteiger partial charge in [-0.25, -0.2) is 4.98 Å². The molecule has 152 valence electrons. The van der Waals surface area contributed by atoms with Crippen molar-refractivity contribution in [2.24, 2.45) is 0 Å². The van der Waals surface area contributed by atoms with Crippen LogP contribution in [0.15, 0.2) is 28.2 Å². The van der Waals surface area contributed by atoms with Crippen LogP contribution in [0.1, 0.15) is 52.9 Å². The van der Waals surface area contributed by atoms with Gasteiger partial charge in [0.25, 0.3) is 5.56 Å². The zero-order valence-electron chi connectivity index (χ0n) is 16.8. The molecular weight excluding hydrogens is 394 g/mol. The molecule has 1 amide bonds. The van der Waals surface area contributed by atoms with Gasteiger partial charge in [0.1, 0.15) is 0 Å². The summed E-state index contributed by atoms with van der Waals surface area (Å²) in [6.07, 6.45) is 5.13. The number of piperidine rings is 1. The molecule has 0 N–H and O–H groups in total. The Bertz CT molecular complexity index is 914. The Morgan fingerprint density at radius 2 is 2.14 bits per heavy atom. The average Bonchev–Trinajstić information content (AvgIpc) is 2.70. The molecule has 1 aliphatic heterocycles. The molecule has 2 unspecified atom stereocenters. The standard InChI is InChI=1S/C21H28ClN3O2S/c1-4-11-25-20(27)17-10-9-15(22)13-18(17)23-21(25)28-14(3)19(26)24-12-7-6-8-16(24)5-2/h9-10,13-14,16H,4-8,11-12H2,1-3H3. The lowest BCUT2D eigenvalue weighted by Gasteiger charge is -2.36. The minimum Gasteiger partial charge on any atom is -0.339 e. The van der Waals surface area contributed by atoms with Crippen molar-refractivity contribution >= 4 is 40.2 Å². The number of hydrogen-bond acceptors (Lipinski definition) is 4. The monoisotopic (exact) mass is 421 g/mol. The van der Waals surface area contributed by atoms with E-state index < -0.39 is 0 Å². The van der Waals surface area contributed by atoms with E-state index >= 15 is 0 Å². The number of thioether (sulfide) groups is 1. The lowest BCUT2D eigenvalue weighted by molar-refractivity contribution is -0.134. The summed E-state index contributed by atoms with van der Waals surface area (Å²) in [4.78, 5) is 32.8. The van der Waals surface area contributed by atoms with Crippen molar-refractivity contribution < 1.29 is 4.79 Å². The zero-order chi connectivity index (χ0) is 20.3. The number of rotatable bonds is 6. The van der Waals surface area contributed by atoms with E-state index in [2.05, 4.69) is 6.92 Å². The summed E-state index contributed by atoms with van der Waals surface area (Å²) in [7, 11) is 0. The Balaban J connectivity index is 1.92. The molecule has 28 heavy (non-hydrogen) atoms. The number of carbonyl (C=O) groups is 1. The average molecular weight is 422 g/mol. The number of benzene rings is 1. The summed E-state index contributed by atoms with van der Waals surface area (Å²) < 4.78 is 1.69. The van der Waals surface area contributed by atoms with Crippen molar-refractivity contribution in [1.82, 2.24) is 14.5 Å². The van der Waals surface area contributed by atoms with Gasteiger partial charge in [0.2, 0.25) is 5.91 Å². The maximum Gasteiger partial charge on any atom is 0.262 e. The normalized spacial score (nSPS) is 18.4. The van der Waals surface area contributed by atoms with E-state index in [1.54, 1.807) is 22.8 Å². The summed E-state index contributed by atoms with van der Waals surface area (Å²) in [5.74, 6) is 0.139. The zero-order valence-corrected chi connectivity index (χ0v) is 18.4. The van der Waals surface area contributed by atoms with Crippen LogP contribution in [0.3, 0.4) is 0 Å². The molecule has 5 nitrogen and oxygen atoms in total. The predicted octanol–water partition coefficient (Wildman–Crippen LogP) is 4.73. The van der Waals surface area contributed by atoms with Crippen LogP contribution in [0.5, 0.6) is 0 Å². The Labute approximate surface area is 175 Å². The molecule has 1 aromatic heterocycles. The third-order valence-electron chi connectivity index (χ3n) is 5.34. The molecule has 1 aromatic carbocycles. The van der Waals surface area contributed by atoms with Gasteiger partial charge in [-0.05, 0) is 57.2 Å². The van der Waals surface area contributed by atoms with Crippen molar-refractivity contribution in [2.75, 3.05) is 6.54 Å². The second-order valence-electron chi connectivity index (χ2n) is 7.36. The van der Waals surface area contributed by atoms with E-state index in [0.717, 1.165) is 32.2 Å². The van der Waals surface area contributed by atoms with Crippen LogP contribution in [0, 0.1) is 0 Å². The molecule has 2 heterocycles. The Morgan fingerprint density at radius 3 is 2.86 bits per heavy atom. The number of likely N-dealkylation sites (tertiary alicyclic amines) is 1. The first kappa shape index (κ1) is 21.2. The van der Waals surface area contributed by atoms with Gasteiger partial charge in [-0.3, -0.25) is 14.2 Å². The third-order valence-corrected chi connectivity index (χ3v) is 6.65. The molecule has 0 radical (unpaired) electrons. The van der Waals surface area contributed by atoms with Crippen LogP contribution in [-0.2, 0) is 11.3 Å². The molecule has 1 fully saturated rings. The van der Waals surface area contributed by atoms with E-state index in [4.69, 9.17) is 16.6 Å². The summed E-state index contributed by atoms with van der Waals surface area (Å²) in [6, 6.07) is 5.47. The van der Waals surface area contributed by atoms with Crippen LogP contribution >= 0.6 is 23.4 Å². The van der Waals surface area contributed by atoms with E-state index in [1.807, 2.05) is 18.7 Å². The highest BCUT2D eigenvalue weighted by atomic mass is 35.5. The molecule has 0 spiro atoms. The van der Waals surface area contributed by atoms with Crippen molar-refractivity contribution in [2.45, 2.75) is 75.9 Å². The van der Waals surface area contributed by atoms with E-state index in [-0.39, 0.29) is 16.7 Å². The van der Waals surface area contributed by atoms with Crippen LogP contribution in [0.25, 0.3) is 10.9 Å². The number of amides is 1. The molecule has 2 atom stereocenters. The number of halogens is 1. The van der Waals surface area contributed by atoms with Crippen molar-refractivity contribution in [3.63, 3.8) is 0 Å².